The van der Waals surface area contributed by atoms with Crippen molar-refractivity contribution in [1.82, 2.24) is 20.1 Å². The number of rotatable bonds is 5. The van der Waals surface area contributed by atoms with Crippen molar-refractivity contribution < 1.29 is 0 Å². The van der Waals surface area contributed by atoms with Crippen molar-refractivity contribution in [2.45, 2.75) is 33.4 Å². The molecule has 0 bridgehead atoms. The molecule has 1 rings (SSSR count). The van der Waals surface area contributed by atoms with Crippen LogP contribution in [0.15, 0.2) is 6.33 Å². The van der Waals surface area contributed by atoms with Crippen LogP contribution in [0.5, 0.6) is 0 Å². The van der Waals surface area contributed by atoms with E-state index in [9.17, 15) is 0 Å². The quantitative estimate of drug-likeness (QED) is 0.554. The van der Waals surface area contributed by atoms with Gasteiger partial charge in [0.2, 0.25) is 0 Å². The van der Waals surface area contributed by atoms with Crippen LogP contribution in [-0.2, 0) is 13.1 Å². The van der Waals surface area contributed by atoms with E-state index in [2.05, 4.69) is 34.2 Å². The van der Waals surface area contributed by atoms with Gasteiger partial charge in [-0.1, -0.05) is 0 Å². The van der Waals surface area contributed by atoms with Crippen LogP contribution < -0.4 is 5.32 Å². The molecule has 1 aromatic heterocycles. The summed E-state index contributed by atoms with van der Waals surface area (Å²) in [7, 11) is 0. The minimum absolute atomic E-state index is 0.763. The van der Waals surface area contributed by atoms with Gasteiger partial charge in [0.25, 0.3) is 0 Å². The molecule has 4 heteroatoms. The summed E-state index contributed by atoms with van der Waals surface area (Å²) < 4.78 is 1.89. The second kappa shape index (κ2) is 6.17. The van der Waals surface area contributed by atoms with Crippen molar-refractivity contribution in [3.63, 3.8) is 0 Å². The van der Waals surface area contributed by atoms with E-state index >= 15 is 0 Å². The molecule has 1 N–H and O–H groups in total. The van der Waals surface area contributed by atoms with Crippen LogP contribution in [0.25, 0.3) is 0 Å². The first-order valence-electron chi connectivity index (χ1n) is 4.85. The zero-order chi connectivity index (χ0) is 10.2. The lowest BCUT2D eigenvalue weighted by molar-refractivity contribution is 0.576. The molecule has 1 aromatic rings. The Bertz CT molecular complexity index is 318. The summed E-state index contributed by atoms with van der Waals surface area (Å²) in [6, 6.07) is 0. The fraction of sp³-hybridized carbons (Fsp3) is 0.600. The van der Waals surface area contributed by atoms with Crippen LogP contribution in [0.3, 0.4) is 0 Å². The summed E-state index contributed by atoms with van der Waals surface area (Å²) >= 11 is 0. The van der Waals surface area contributed by atoms with Gasteiger partial charge in [0, 0.05) is 19.5 Å². The highest BCUT2D eigenvalue weighted by Crippen LogP contribution is 1.92. The third-order valence-corrected chi connectivity index (χ3v) is 1.88. The lowest BCUT2D eigenvalue weighted by atomic mass is 10.4. The van der Waals surface area contributed by atoms with Gasteiger partial charge < -0.3 is 5.32 Å². The Morgan fingerprint density at radius 2 is 2.43 bits per heavy atom. The summed E-state index contributed by atoms with van der Waals surface area (Å²) in [6.07, 6.45) is 2.48. The molecule has 0 unspecified atom stereocenters. The molecule has 0 radical (unpaired) electrons. The minimum atomic E-state index is 0.763. The summed E-state index contributed by atoms with van der Waals surface area (Å²) in [6.45, 7) is 6.44. The molecular formula is C10H16N4. The highest BCUT2D eigenvalue weighted by molar-refractivity contribution is 4.95. The minimum Gasteiger partial charge on any atom is -0.309 e. The maximum atomic E-state index is 4.16. The molecule has 0 aliphatic heterocycles. The Labute approximate surface area is 84.7 Å². The number of hydrogen-bond acceptors (Lipinski definition) is 3. The Morgan fingerprint density at radius 3 is 3.14 bits per heavy atom. The molecule has 0 amide bonds. The maximum Gasteiger partial charge on any atom is 0.140 e. The first-order chi connectivity index (χ1) is 6.88. The predicted molar refractivity (Wildman–Crippen MR) is 55.5 cm³/mol. The van der Waals surface area contributed by atoms with E-state index in [0.717, 1.165) is 31.9 Å². The van der Waals surface area contributed by atoms with Gasteiger partial charge in [0.05, 0.1) is 6.54 Å². The van der Waals surface area contributed by atoms with E-state index in [1.165, 1.54) is 0 Å². The van der Waals surface area contributed by atoms with Gasteiger partial charge >= 0.3 is 0 Å². The van der Waals surface area contributed by atoms with E-state index < -0.39 is 0 Å². The molecule has 14 heavy (non-hydrogen) atoms. The van der Waals surface area contributed by atoms with Gasteiger partial charge in [-0.25, -0.2) is 9.67 Å². The zero-order valence-electron chi connectivity index (χ0n) is 8.75. The van der Waals surface area contributed by atoms with E-state index in [1.54, 1.807) is 6.33 Å². The van der Waals surface area contributed by atoms with Crippen molar-refractivity contribution in [1.29, 1.82) is 0 Å². The highest BCUT2D eigenvalue weighted by atomic mass is 15.3. The summed E-state index contributed by atoms with van der Waals surface area (Å²) in [5.74, 6) is 6.85. The molecule has 0 spiro atoms. The van der Waals surface area contributed by atoms with Crippen LogP contribution in [-0.4, -0.2) is 21.3 Å². The lowest BCUT2D eigenvalue weighted by Crippen LogP contribution is -2.18. The van der Waals surface area contributed by atoms with E-state index in [4.69, 9.17) is 0 Å². The fourth-order valence-electron chi connectivity index (χ4n) is 1.17. The van der Waals surface area contributed by atoms with Gasteiger partial charge in [0.1, 0.15) is 12.2 Å². The molecule has 4 nitrogen and oxygen atoms in total. The van der Waals surface area contributed by atoms with Crippen molar-refractivity contribution in [3.05, 3.63) is 12.2 Å². The SMILES string of the molecule is CC#CCCNCc1ncnn1CC. The van der Waals surface area contributed by atoms with Crippen LogP contribution in [0.1, 0.15) is 26.1 Å². The topological polar surface area (TPSA) is 42.7 Å². The second-order valence-electron chi connectivity index (χ2n) is 2.85. The number of aromatic nitrogens is 3. The molecule has 0 aromatic carbocycles. The van der Waals surface area contributed by atoms with Crippen molar-refractivity contribution in [2.75, 3.05) is 6.54 Å². The second-order valence-corrected chi connectivity index (χ2v) is 2.85. The lowest BCUT2D eigenvalue weighted by Gasteiger charge is -2.03. The molecule has 1 heterocycles. The zero-order valence-corrected chi connectivity index (χ0v) is 8.75. The average molecular weight is 192 g/mol. The normalized spacial score (nSPS) is 9.57. The Hall–Kier alpha value is -1.34. The first kappa shape index (κ1) is 10.7. The van der Waals surface area contributed by atoms with Crippen molar-refractivity contribution in [3.8, 4) is 11.8 Å². The van der Waals surface area contributed by atoms with Gasteiger partial charge in [0.15, 0.2) is 0 Å². The molecule has 0 atom stereocenters. The molecule has 0 saturated carbocycles. The third kappa shape index (κ3) is 3.19. The van der Waals surface area contributed by atoms with Gasteiger partial charge in [-0.3, -0.25) is 0 Å². The summed E-state index contributed by atoms with van der Waals surface area (Å²) in [5.41, 5.74) is 0. The Balaban J connectivity index is 2.26. The predicted octanol–water partition coefficient (Wildman–Crippen LogP) is 0.801. The van der Waals surface area contributed by atoms with E-state index in [0.29, 0.717) is 0 Å². The number of nitrogens with one attached hydrogen (secondary N) is 1. The monoisotopic (exact) mass is 192 g/mol. The van der Waals surface area contributed by atoms with Crippen LogP contribution in [0.2, 0.25) is 0 Å². The van der Waals surface area contributed by atoms with Crippen molar-refractivity contribution >= 4 is 0 Å². The highest BCUT2D eigenvalue weighted by Gasteiger charge is 1.99. The molecular weight excluding hydrogens is 176 g/mol. The smallest absolute Gasteiger partial charge is 0.140 e. The fourth-order valence-corrected chi connectivity index (χ4v) is 1.17. The summed E-state index contributed by atoms with van der Waals surface area (Å²) in [5, 5.41) is 7.36. The van der Waals surface area contributed by atoms with Crippen molar-refractivity contribution in [2.24, 2.45) is 0 Å². The molecule has 0 aliphatic rings. The van der Waals surface area contributed by atoms with E-state index in [1.807, 2.05) is 11.6 Å². The van der Waals surface area contributed by atoms with Gasteiger partial charge in [-0.05, 0) is 13.8 Å². The van der Waals surface area contributed by atoms with Crippen LogP contribution in [0.4, 0.5) is 0 Å². The first-order valence-corrected chi connectivity index (χ1v) is 4.85. The standard InChI is InChI=1S/C10H16N4/c1-3-5-6-7-11-8-10-12-9-13-14(10)4-2/h9,11H,4,6-8H2,1-2H3. The van der Waals surface area contributed by atoms with Gasteiger partial charge in [-0.2, -0.15) is 5.10 Å². The average Bonchev–Trinajstić information content (AvgIpc) is 2.65. The molecule has 76 valence electrons. The molecule has 0 fully saturated rings. The molecule has 0 saturated heterocycles. The van der Waals surface area contributed by atoms with Crippen LogP contribution >= 0.6 is 0 Å². The Morgan fingerprint density at radius 1 is 1.57 bits per heavy atom. The van der Waals surface area contributed by atoms with E-state index in [-0.39, 0.29) is 0 Å². The largest absolute Gasteiger partial charge is 0.309 e. The molecule has 0 aliphatic carbocycles. The summed E-state index contributed by atoms with van der Waals surface area (Å²) in [4.78, 5) is 4.16. The number of hydrogen-bond donors (Lipinski definition) is 1. The number of aryl methyl sites for hydroxylation is 1. The number of nitrogens with zero attached hydrogens (tertiary/aromatic N) is 3. The van der Waals surface area contributed by atoms with Crippen LogP contribution in [0, 0.1) is 11.8 Å². The maximum absolute atomic E-state index is 4.16. The van der Waals surface area contributed by atoms with Gasteiger partial charge in [-0.15, -0.1) is 11.8 Å². The third-order valence-electron chi connectivity index (χ3n) is 1.88. The Kier molecular flexibility index (Phi) is 4.73.